The van der Waals surface area contributed by atoms with Crippen LogP contribution in [0.4, 0.5) is 0 Å². The number of hydrogen-bond acceptors (Lipinski definition) is 3. The number of isocyanates is 1. The SMILES string of the molecule is CC(C)C(C)(N=C=O)C(=O)O. The van der Waals surface area contributed by atoms with Gasteiger partial charge in [0, 0.05) is 0 Å². The van der Waals surface area contributed by atoms with Gasteiger partial charge < -0.3 is 5.11 Å². The predicted octanol–water partition coefficient (Wildman–Crippen LogP) is 0.822. The average Bonchev–Trinajstić information content (AvgIpc) is 1.87. The van der Waals surface area contributed by atoms with Crippen LogP contribution in [0.1, 0.15) is 20.8 Å². The van der Waals surface area contributed by atoms with Crippen LogP contribution in [0.25, 0.3) is 0 Å². The molecule has 0 saturated carbocycles. The molecule has 0 aromatic rings. The van der Waals surface area contributed by atoms with Gasteiger partial charge in [-0.05, 0) is 12.8 Å². The summed E-state index contributed by atoms with van der Waals surface area (Å²) in [6, 6.07) is 0. The first kappa shape index (κ1) is 9.85. The molecule has 0 aromatic carbocycles. The Labute approximate surface area is 64.9 Å². The highest BCUT2D eigenvalue weighted by atomic mass is 16.4. The molecule has 1 unspecified atom stereocenters. The van der Waals surface area contributed by atoms with Crippen LogP contribution in [-0.2, 0) is 9.59 Å². The van der Waals surface area contributed by atoms with Crippen molar-refractivity contribution in [3.05, 3.63) is 0 Å². The van der Waals surface area contributed by atoms with E-state index in [0.717, 1.165) is 0 Å². The second-order valence-corrected chi connectivity index (χ2v) is 2.81. The molecule has 0 aliphatic carbocycles. The molecule has 0 aliphatic rings. The van der Waals surface area contributed by atoms with E-state index in [4.69, 9.17) is 5.11 Å². The molecule has 0 aliphatic heterocycles. The lowest BCUT2D eigenvalue weighted by Crippen LogP contribution is -2.38. The number of carbonyl (C=O) groups is 1. The largest absolute Gasteiger partial charge is 0.479 e. The number of nitrogens with zero attached hydrogens (tertiary/aromatic N) is 1. The molecular weight excluding hydrogens is 146 g/mol. The lowest BCUT2D eigenvalue weighted by molar-refractivity contribution is -0.144. The fraction of sp³-hybridized carbons (Fsp3) is 0.714. The molecule has 4 nitrogen and oxygen atoms in total. The Balaban J connectivity index is 4.81. The van der Waals surface area contributed by atoms with E-state index in [1.54, 1.807) is 13.8 Å². The zero-order valence-corrected chi connectivity index (χ0v) is 6.79. The van der Waals surface area contributed by atoms with E-state index in [1.807, 2.05) is 0 Å². The maximum Gasteiger partial charge on any atom is 0.332 e. The van der Waals surface area contributed by atoms with Crippen molar-refractivity contribution in [3.63, 3.8) is 0 Å². The minimum Gasteiger partial charge on any atom is -0.479 e. The Bertz CT molecular complexity index is 202. The van der Waals surface area contributed by atoms with Gasteiger partial charge in [0.25, 0.3) is 0 Å². The van der Waals surface area contributed by atoms with Crippen LogP contribution in [0.2, 0.25) is 0 Å². The van der Waals surface area contributed by atoms with Gasteiger partial charge in [-0.25, -0.2) is 9.59 Å². The molecular formula is C7H11NO3. The topological polar surface area (TPSA) is 66.7 Å². The average molecular weight is 157 g/mol. The van der Waals surface area contributed by atoms with Crippen molar-refractivity contribution < 1.29 is 14.7 Å². The summed E-state index contributed by atoms with van der Waals surface area (Å²) in [5, 5.41) is 8.66. The van der Waals surface area contributed by atoms with E-state index in [9.17, 15) is 9.59 Å². The molecule has 0 saturated heterocycles. The Morgan fingerprint density at radius 3 is 2.18 bits per heavy atom. The van der Waals surface area contributed by atoms with Gasteiger partial charge in [-0.3, -0.25) is 0 Å². The summed E-state index contributed by atoms with van der Waals surface area (Å²) >= 11 is 0. The van der Waals surface area contributed by atoms with Crippen molar-refractivity contribution in [2.75, 3.05) is 0 Å². The predicted molar refractivity (Wildman–Crippen MR) is 39.0 cm³/mol. The van der Waals surface area contributed by atoms with Crippen LogP contribution in [0.15, 0.2) is 4.99 Å². The Morgan fingerprint density at radius 1 is 1.64 bits per heavy atom. The summed E-state index contributed by atoms with van der Waals surface area (Å²) in [4.78, 5) is 23.7. The first-order valence-corrected chi connectivity index (χ1v) is 3.27. The maximum absolute atomic E-state index is 10.6. The van der Waals surface area contributed by atoms with Gasteiger partial charge in [0.2, 0.25) is 6.08 Å². The van der Waals surface area contributed by atoms with Crippen LogP contribution < -0.4 is 0 Å². The van der Waals surface area contributed by atoms with Crippen LogP contribution in [-0.4, -0.2) is 22.7 Å². The summed E-state index contributed by atoms with van der Waals surface area (Å²) in [5.41, 5.74) is -1.33. The first-order chi connectivity index (χ1) is 4.95. The minimum atomic E-state index is -1.33. The van der Waals surface area contributed by atoms with Crippen molar-refractivity contribution >= 4 is 12.0 Å². The van der Waals surface area contributed by atoms with E-state index in [-0.39, 0.29) is 5.92 Å². The third kappa shape index (κ3) is 1.88. The quantitative estimate of drug-likeness (QED) is 0.487. The Kier molecular flexibility index (Phi) is 2.96. The third-order valence-corrected chi connectivity index (χ3v) is 1.84. The highest BCUT2D eigenvalue weighted by Gasteiger charge is 2.36. The van der Waals surface area contributed by atoms with Gasteiger partial charge in [0.15, 0.2) is 5.54 Å². The lowest BCUT2D eigenvalue weighted by atomic mass is 9.89. The number of carboxylic acid groups (broad SMARTS) is 1. The molecule has 4 heteroatoms. The summed E-state index contributed by atoms with van der Waals surface area (Å²) in [5.74, 6) is -1.32. The smallest absolute Gasteiger partial charge is 0.332 e. The minimum absolute atomic E-state index is 0.221. The highest BCUT2D eigenvalue weighted by molar-refractivity contribution is 5.79. The number of carboxylic acids is 1. The number of hydrogen-bond donors (Lipinski definition) is 1. The van der Waals surface area contributed by atoms with Crippen LogP contribution in [0, 0.1) is 5.92 Å². The number of rotatable bonds is 3. The van der Waals surface area contributed by atoms with Crippen LogP contribution in [0.3, 0.4) is 0 Å². The first-order valence-electron chi connectivity index (χ1n) is 3.27. The number of aliphatic carboxylic acids is 1. The normalized spacial score (nSPS) is 15.3. The Morgan fingerprint density at radius 2 is 2.09 bits per heavy atom. The second-order valence-electron chi connectivity index (χ2n) is 2.81. The van der Waals surface area contributed by atoms with Gasteiger partial charge in [-0.1, -0.05) is 13.8 Å². The van der Waals surface area contributed by atoms with Crippen LogP contribution >= 0.6 is 0 Å². The molecule has 0 bridgehead atoms. The van der Waals surface area contributed by atoms with E-state index in [2.05, 4.69) is 4.99 Å². The molecule has 0 aromatic heterocycles. The zero-order chi connectivity index (χ0) is 9.07. The molecule has 0 fully saturated rings. The van der Waals surface area contributed by atoms with Crippen molar-refractivity contribution in [3.8, 4) is 0 Å². The third-order valence-electron chi connectivity index (χ3n) is 1.84. The van der Waals surface area contributed by atoms with Gasteiger partial charge in [-0.2, -0.15) is 4.99 Å². The maximum atomic E-state index is 10.6. The van der Waals surface area contributed by atoms with Gasteiger partial charge in [0.1, 0.15) is 0 Å². The lowest BCUT2D eigenvalue weighted by Gasteiger charge is -2.21. The van der Waals surface area contributed by atoms with Crippen molar-refractivity contribution in [2.45, 2.75) is 26.3 Å². The molecule has 0 spiro atoms. The summed E-state index contributed by atoms with van der Waals surface area (Å²) in [6.45, 7) is 4.77. The molecule has 0 rings (SSSR count). The van der Waals surface area contributed by atoms with Gasteiger partial charge >= 0.3 is 5.97 Å². The van der Waals surface area contributed by atoms with E-state index in [1.165, 1.54) is 13.0 Å². The van der Waals surface area contributed by atoms with Crippen molar-refractivity contribution in [2.24, 2.45) is 10.9 Å². The number of aliphatic imine (C=N–C) groups is 1. The van der Waals surface area contributed by atoms with Gasteiger partial charge in [0.05, 0.1) is 0 Å². The van der Waals surface area contributed by atoms with E-state index in [0.29, 0.717) is 0 Å². The van der Waals surface area contributed by atoms with E-state index < -0.39 is 11.5 Å². The summed E-state index contributed by atoms with van der Waals surface area (Å²) in [7, 11) is 0. The molecule has 0 amide bonds. The highest BCUT2D eigenvalue weighted by Crippen LogP contribution is 2.20. The molecule has 0 heterocycles. The standard InChI is InChI=1S/C7H11NO3/c1-5(2)7(3,6(10)11)8-4-9/h5H,1-3H3,(H,10,11). The molecule has 62 valence electrons. The second kappa shape index (κ2) is 3.30. The van der Waals surface area contributed by atoms with E-state index >= 15 is 0 Å². The van der Waals surface area contributed by atoms with Crippen molar-refractivity contribution in [1.29, 1.82) is 0 Å². The zero-order valence-electron chi connectivity index (χ0n) is 6.79. The molecule has 0 radical (unpaired) electrons. The fourth-order valence-corrected chi connectivity index (χ4v) is 0.519. The van der Waals surface area contributed by atoms with Crippen molar-refractivity contribution in [1.82, 2.24) is 0 Å². The van der Waals surface area contributed by atoms with Crippen LogP contribution in [0.5, 0.6) is 0 Å². The summed E-state index contributed by atoms with van der Waals surface area (Å²) in [6.07, 6.45) is 1.27. The summed E-state index contributed by atoms with van der Waals surface area (Å²) < 4.78 is 0. The Hall–Kier alpha value is -1.15. The van der Waals surface area contributed by atoms with Gasteiger partial charge in [-0.15, -0.1) is 0 Å². The molecule has 1 N–H and O–H groups in total. The monoisotopic (exact) mass is 157 g/mol. The molecule has 1 atom stereocenters. The fourth-order valence-electron chi connectivity index (χ4n) is 0.519. The molecule has 11 heavy (non-hydrogen) atoms. The number of carbonyl (C=O) groups excluding carboxylic acids is 1.